The van der Waals surface area contributed by atoms with Crippen molar-refractivity contribution in [3.05, 3.63) is 0 Å². The summed E-state index contributed by atoms with van der Waals surface area (Å²) >= 11 is 0. The van der Waals surface area contributed by atoms with Gasteiger partial charge < -0.3 is 20.0 Å². The van der Waals surface area contributed by atoms with Crippen LogP contribution in [0.5, 0.6) is 0 Å². The Morgan fingerprint density at radius 1 is 0.750 bits per heavy atom. The zero-order valence-electron chi connectivity index (χ0n) is 23.5. The summed E-state index contributed by atoms with van der Waals surface area (Å²) in [4.78, 5) is 44.3. The van der Waals surface area contributed by atoms with Crippen LogP contribution in [-0.2, 0) is 33.9 Å². The van der Waals surface area contributed by atoms with E-state index in [1.807, 2.05) is 0 Å². The summed E-state index contributed by atoms with van der Waals surface area (Å²) in [7, 11) is 0. The zero-order valence-corrected chi connectivity index (χ0v) is 23.5. The molecule has 0 radical (unpaired) electrons. The third-order valence-corrected chi connectivity index (χ3v) is 9.63. The molecule has 40 heavy (non-hydrogen) atoms. The second kappa shape index (κ2) is 16.3. The van der Waals surface area contributed by atoms with Crippen molar-refractivity contribution in [1.82, 2.24) is 10.8 Å². The van der Waals surface area contributed by atoms with Crippen LogP contribution < -0.4 is 16.7 Å². The molecule has 4 saturated carbocycles. The molecule has 12 heteroatoms. The highest BCUT2D eigenvalue weighted by atomic mass is 17.3. The monoisotopic (exact) mass is 571 g/mol. The largest absolute Gasteiger partial charge is 0.481 e. The number of nitrogens with two attached hydrogens (primary N) is 1. The van der Waals surface area contributed by atoms with Gasteiger partial charge in [0.2, 0.25) is 5.91 Å². The van der Waals surface area contributed by atoms with Gasteiger partial charge >= 0.3 is 5.97 Å². The molecule has 0 bridgehead atoms. The van der Waals surface area contributed by atoms with Crippen molar-refractivity contribution in [1.29, 1.82) is 0 Å². The second-order valence-corrected chi connectivity index (χ2v) is 12.3. The molecule has 12 nitrogen and oxygen atoms in total. The Morgan fingerprint density at radius 2 is 1.35 bits per heavy atom. The lowest BCUT2D eigenvalue weighted by Gasteiger charge is -2.36. The topological polar surface area (TPSA) is 171 Å². The van der Waals surface area contributed by atoms with Gasteiger partial charge in [0, 0.05) is 12.1 Å². The van der Waals surface area contributed by atoms with Crippen LogP contribution >= 0.6 is 0 Å². The minimum Gasteiger partial charge on any atom is -0.481 e. The Labute approximate surface area is 236 Å². The van der Waals surface area contributed by atoms with Crippen LogP contribution in [0.25, 0.3) is 0 Å². The van der Waals surface area contributed by atoms with Gasteiger partial charge in [0.25, 0.3) is 0 Å². The number of hydrogen-bond acceptors (Lipinski definition) is 10. The summed E-state index contributed by atoms with van der Waals surface area (Å²) in [6.45, 7) is 1.04. The standard InChI is InChI=1S/C28H49N3O9/c29-40-39-24-13-14-25(28(33)34)26(15-24)27(32)30-20-5-9-22(10-6-20)38-23-11-7-21(8-12-23)31-36-16-18-3-1-2-4-19(18)17-37-35/h18-26,31,35H,1-17,29H2,(H,30,32)(H,33,34). The number of rotatable bonds is 13. The Hall–Kier alpha value is -1.38. The fraction of sp³-hybridized carbons (Fsp3) is 0.929. The van der Waals surface area contributed by atoms with Crippen LogP contribution in [0.15, 0.2) is 0 Å². The van der Waals surface area contributed by atoms with Crippen molar-refractivity contribution in [3.8, 4) is 0 Å². The highest BCUT2D eigenvalue weighted by Crippen LogP contribution is 2.34. The molecule has 0 aromatic rings. The maximum absolute atomic E-state index is 13.0. The van der Waals surface area contributed by atoms with Crippen LogP contribution in [0.4, 0.5) is 0 Å². The maximum atomic E-state index is 13.0. The minimum atomic E-state index is -0.952. The number of amides is 1. The van der Waals surface area contributed by atoms with Gasteiger partial charge in [-0.2, -0.15) is 11.4 Å². The summed E-state index contributed by atoms with van der Waals surface area (Å²) in [5.74, 6) is 3.22. The molecule has 4 rings (SSSR count). The van der Waals surface area contributed by atoms with Crippen LogP contribution in [-0.4, -0.2) is 65.8 Å². The zero-order chi connectivity index (χ0) is 28.3. The Bertz CT molecular complexity index is 772. The molecule has 1 amide bonds. The first kappa shape index (κ1) is 31.6. The summed E-state index contributed by atoms with van der Waals surface area (Å²) in [6.07, 6.45) is 13.2. The van der Waals surface area contributed by atoms with Gasteiger partial charge in [0.05, 0.1) is 43.4 Å². The van der Waals surface area contributed by atoms with Crippen molar-refractivity contribution >= 4 is 11.9 Å². The number of carbonyl (C=O) groups is 2. The Kier molecular flexibility index (Phi) is 12.9. The van der Waals surface area contributed by atoms with Crippen molar-refractivity contribution in [2.45, 2.75) is 127 Å². The van der Waals surface area contributed by atoms with E-state index in [1.165, 1.54) is 12.8 Å². The molecule has 0 saturated heterocycles. The molecule has 230 valence electrons. The lowest BCUT2D eigenvalue weighted by atomic mass is 9.77. The summed E-state index contributed by atoms with van der Waals surface area (Å²) < 4.78 is 6.44. The maximum Gasteiger partial charge on any atom is 0.307 e. The third kappa shape index (κ3) is 9.32. The molecule has 4 aliphatic rings. The smallest absolute Gasteiger partial charge is 0.307 e. The summed E-state index contributed by atoms with van der Waals surface area (Å²) in [5.41, 5.74) is 3.27. The van der Waals surface area contributed by atoms with Gasteiger partial charge in [0.15, 0.2) is 0 Å². The third-order valence-electron chi connectivity index (χ3n) is 9.63. The number of nitrogens with one attached hydrogen (secondary N) is 2. The Morgan fingerprint density at radius 3 is 1.95 bits per heavy atom. The molecule has 4 aliphatic carbocycles. The predicted octanol–water partition coefficient (Wildman–Crippen LogP) is 3.25. The van der Waals surface area contributed by atoms with Crippen molar-refractivity contribution in [2.75, 3.05) is 13.2 Å². The first-order valence-corrected chi connectivity index (χ1v) is 15.3. The quantitative estimate of drug-likeness (QED) is 0.162. The van der Waals surface area contributed by atoms with Gasteiger partial charge in [-0.05, 0) is 95.3 Å². The molecular formula is C28H49N3O9. The van der Waals surface area contributed by atoms with Crippen molar-refractivity contribution in [2.24, 2.45) is 29.6 Å². The molecule has 0 aliphatic heterocycles. The predicted molar refractivity (Wildman–Crippen MR) is 143 cm³/mol. The molecule has 5 unspecified atom stereocenters. The van der Waals surface area contributed by atoms with E-state index in [1.54, 1.807) is 0 Å². The van der Waals surface area contributed by atoms with E-state index >= 15 is 0 Å². The first-order valence-electron chi connectivity index (χ1n) is 15.3. The van der Waals surface area contributed by atoms with Gasteiger partial charge in [-0.1, -0.05) is 12.8 Å². The van der Waals surface area contributed by atoms with E-state index in [0.717, 1.165) is 64.2 Å². The molecular weight excluding hydrogens is 522 g/mol. The Balaban J connectivity index is 1.10. The van der Waals surface area contributed by atoms with E-state index in [-0.39, 0.29) is 36.7 Å². The van der Waals surface area contributed by atoms with Crippen LogP contribution in [0.1, 0.15) is 96.3 Å². The number of aliphatic carboxylic acids is 1. The molecule has 5 atom stereocenters. The number of carboxylic acid groups (broad SMARTS) is 1. The molecule has 0 aromatic carbocycles. The SMILES string of the molecule is NOOC1CCC(C(=O)O)C(C(=O)NC2CCC(OC3CCC(NOCC4CCCCC4COO)CC3)CC2)C1. The normalized spacial score (nSPS) is 37.1. The lowest BCUT2D eigenvalue weighted by Crippen LogP contribution is -2.48. The van der Waals surface area contributed by atoms with E-state index < -0.39 is 17.8 Å². The number of carboxylic acids is 1. The number of hydrogen-bond donors (Lipinski definition) is 5. The van der Waals surface area contributed by atoms with E-state index in [9.17, 15) is 14.7 Å². The average molecular weight is 572 g/mol. The summed E-state index contributed by atoms with van der Waals surface area (Å²) in [6, 6.07) is 0.358. The summed E-state index contributed by atoms with van der Waals surface area (Å²) in [5, 5.41) is 21.5. The highest BCUT2D eigenvalue weighted by molar-refractivity contribution is 5.85. The van der Waals surface area contributed by atoms with Gasteiger partial charge in [-0.15, -0.1) is 4.99 Å². The molecule has 4 fully saturated rings. The average Bonchev–Trinajstić information content (AvgIpc) is 2.96. The van der Waals surface area contributed by atoms with E-state index in [2.05, 4.69) is 20.7 Å². The second-order valence-electron chi connectivity index (χ2n) is 12.3. The molecule has 6 N–H and O–H groups in total. The van der Waals surface area contributed by atoms with Gasteiger partial charge in [0.1, 0.15) is 0 Å². The highest BCUT2D eigenvalue weighted by Gasteiger charge is 2.41. The van der Waals surface area contributed by atoms with E-state index in [0.29, 0.717) is 43.9 Å². The lowest BCUT2D eigenvalue weighted by molar-refractivity contribution is -0.335. The number of ether oxygens (including phenoxy) is 1. The van der Waals surface area contributed by atoms with E-state index in [4.69, 9.17) is 25.6 Å². The van der Waals surface area contributed by atoms with Crippen LogP contribution in [0.3, 0.4) is 0 Å². The van der Waals surface area contributed by atoms with Crippen molar-refractivity contribution in [3.63, 3.8) is 0 Å². The molecule has 0 spiro atoms. The van der Waals surface area contributed by atoms with Crippen LogP contribution in [0.2, 0.25) is 0 Å². The van der Waals surface area contributed by atoms with Gasteiger partial charge in [-0.25, -0.2) is 9.78 Å². The van der Waals surface area contributed by atoms with Crippen molar-refractivity contribution < 1.29 is 44.3 Å². The fourth-order valence-electron chi connectivity index (χ4n) is 7.22. The minimum absolute atomic E-state index is 0.0265. The van der Waals surface area contributed by atoms with Crippen LogP contribution in [0, 0.1) is 23.7 Å². The fourth-order valence-corrected chi connectivity index (χ4v) is 7.22. The molecule has 0 heterocycles. The number of carbonyl (C=O) groups excluding carboxylic acids is 1. The first-order chi connectivity index (χ1) is 19.5. The van der Waals surface area contributed by atoms with Gasteiger partial charge in [-0.3, -0.25) is 14.8 Å². The molecule has 0 aromatic heterocycles. The number of hydroxylamine groups is 1.